The molecule has 3 aromatic rings. The summed E-state index contributed by atoms with van der Waals surface area (Å²) in [6.45, 7) is 3.03. The van der Waals surface area contributed by atoms with Crippen LogP contribution < -0.4 is 0 Å². The van der Waals surface area contributed by atoms with Gasteiger partial charge in [-0.3, -0.25) is 4.98 Å². The van der Waals surface area contributed by atoms with Crippen LogP contribution >= 0.6 is 0 Å². The molecule has 2 N–H and O–H groups in total. The summed E-state index contributed by atoms with van der Waals surface area (Å²) in [5.41, 5.74) is 1.03. The Morgan fingerprint density at radius 2 is 1.84 bits per heavy atom. The van der Waals surface area contributed by atoms with Crippen LogP contribution in [0.4, 0.5) is 0 Å². The molecule has 2 heterocycles. The van der Waals surface area contributed by atoms with E-state index in [0.717, 1.165) is 4.80 Å². The highest BCUT2D eigenvalue weighted by molar-refractivity contribution is 5.98. The first-order valence-electron chi connectivity index (χ1n) is 7.22. The smallest absolute Gasteiger partial charge is 0.336 e. The lowest BCUT2D eigenvalue weighted by molar-refractivity contribution is 0.0695. The number of pyridine rings is 1. The maximum absolute atomic E-state index is 11.6. The van der Waals surface area contributed by atoms with Crippen molar-refractivity contribution >= 4 is 11.9 Å². The molecule has 0 aliphatic heterocycles. The van der Waals surface area contributed by atoms with Crippen molar-refractivity contribution in [1.29, 1.82) is 0 Å². The molecule has 1 aromatic carbocycles. The quantitative estimate of drug-likeness (QED) is 0.734. The van der Waals surface area contributed by atoms with Gasteiger partial charge in [0.2, 0.25) is 5.82 Å². The maximum Gasteiger partial charge on any atom is 0.336 e. The van der Waals surface area contributed by atoms with Gasteiger partial charge in [0.25, 0.3) is 0 Å². The number of carbonyl (C=O) groups is 2. The molecule has 3 rings (SSSR count). The molecule has 0 aliphatic carbocycles. The minimum absolute atomic E-state index is 0.0911. The van der Waals surface area contributed by atoms with Gasteiger partial charge in [-0.15, -0.1) is 15.0 Å². The van der Waals surface area contributed by atoms with Crippen LogP contribution in [-0.2, 0) is 0 Å². The summed E-state index contributed by atoms with van der Waals surface area (Å²) in [6.07, 6.45) is 1.58. The summed E-state index contributed by atoms with van der Waals surface area (Å²) in [5.74, 6) is -2.20. The van der Waals surface area contributed by atoms with Gasteiger partial charge in [0.1, 0.15) is 5.69 Å². The summed E-state index contributed by atoms with van der Waals surface area (Å²) < 4.78 is 0. The molecule has 0 amide bonds. The van der Waals surface area contributed by atoms with Crippen LogP contribution in [-0.4, -0.2) is 47.3 Å². The Morgan fingerprint density at radius 1 is 1.08 bits per heavy atom. The van der Waals surface area contributed by atoms with Crippen LogP contribution in [0.2, 0.25) is 0 Å². The molecule has 0 fully saturated rings. The third-order valence-electron chi connectivity index (χ3n) is 3.79. The number of hydrogen-bond donors (Lipinski definition) is 2. The summed E-state index contributed by atoms with van der Waals surface area (Å²) in [4.78, 5) is 28.2. The van der Waals surface area contributed by atoms with Crippen LogP contribution in [0.5, 0.6) is 0 Å². The maximum atomic E-state index is 11.6. The molecule has 0 bridgehead atoms. The van der Waals surface area contributed by atoms with Crippen molar-refractivity contribution in [3.05, 3.63) is 52.7 Å². The molecule has 2 aromatic heterocycles. The van der Waals surface area contributed by atoms with Crippen LogP contribution in [0, 0.1) is 13.8 Å². The van der Waals surface area contributed by atoms with E-state index in [1.54, 1.807) is 31.3 Å². The first kappa shape index (κ1) is 16.2. The zero-order valence-electron chi connectivity index (χ0n) is 13.3. The first-order valence-corrected chi connectivity index (χ1v) is 7.22. The van der Waals surface area contributed by atoms with Gasteiger partial charge in [-0.05, 0) is 48.4 Å². The van der Waals surface area contributed by atoms with Gasteiger partial charge in [-0.25, -0.2) is 9.59 Å². The van der Waals surface area contributed by atoms with Crippen molar-refractivity contribution in [2.24, 2.45) is 0 Å². The molecule has 9 heteroatoms. The summed E-state index contributed by atoms with van der Waals surface area (Å²) in [7, 11) is 0. The number of aromatic carboxylic acids is 2. The van der Waals surface area contributed by atoms with E-state index in [2.05, 4.69) is 20.4 Å². The SMILES string of the molecule is Cc1c(C(=O)O)cc(-n2nnc(-c3ccccn3)n2)c(C)c1C(=O)O. The van der Waals surface area contributed by atoms with Crippen molar-refractivity contribution in [1.82, 2.24) is 25.2 Å². The molecule has 9 nitrogen and oxygen atoms in total. The molecule has 0 unspecified atom stereocenters. The van der Waals surface area contributed by atoms with Crippen LogP contribution in [0.1, 0.15) is 31.8 Å². The summed E-state index contributed by atoms with van der Waals surface area (Å²) >= 11 is 0. The first-order chi connectivity index (χ1) is 11.9. The van der Waals surface area contributed by atoms with E-state index in [1.165, 1.54) is 13.0 Å². The average molecular weight is 339 g/mol. The molecular formula is C16H13N5O4. The fourth-order valence-electron chi connectivity index (χ4n) is 2.56. The van der Waals surface area contributed by atoms with Crippen molar-refractivity contribution < 1.29 is 19.8 Å². The monoisotopic (exact) mass is 339 g/mol. The zero-order chi connectivity index (χ0) is 18.1. The Labute approximate surface area is 141 Å². The van der Waals surface area contributed by atoms with Crippen molar-refractivity contribution in [3.63, 3.8) is 0 Å². The second-order valence-electron chi connectivity index (χ2n) is 5.30. The molecule has 0 radical (unpaired) electrons. The van der Waals surface area contributed by atoms with E-state index >= 15 is 0 Å². The third-order valence-corrected chi connectivity index (χ3v) is 3.79. The standard InChI is InChI=1S/C16H13N5O4/c1-8-10(15(22)23)7-12(9(2)13(8)16(24)25)21-19-14(18-20-21)11-5-3-4-6-17-11/h3-7H,1-2H3,(H,22,23)(H,24,25). The van der Waals surface area contributed by atoms with Crippen molar-refractivity contribution in [2.45, 2.75) is 13.8 Å². The number of carboxylic acid groups (broad SMARTS) is 2. The second-order valence-corrected chi connectivity index (χ2v) is 5.30. The predicted octanol–water partition coefficient (Wildman–Crippen LogP) is 1.74. The van der Waals surface area contributed by atoms with E-state index in [9.17, 15) is 19.8 Å². The largest absolute Gasteiger partial charge is 0.478 e. The molecule has 126 valence electrons. The van der Waals surface area contributed by atoms with E-state index in [4.69, 9.17) is 0 Å². The molecule has 0 aliphatic rings. The van der Waals surface area contributed by atoms with E-state index in [-0.39, 0.29) is 28.2 Å². The van der Waals surface area contributed by atoms with E-state index < -0.39 is 11.9 Å². The number of carboxylic acids is 2. The Kier molecular flexibility index (Phi) is 3.97. The van der Waals surface area contributed by atoms with Gasteiger partial charge in [-0.1, -0.05) is 6.07 Å². The lowest BCUT2D eigenvalue weighted by Crippen LogP contribution is -2.14. The minimum Gasteiger partial charge on any atom is -0.478 e. The summed E-state index contributed by atoms with van der Waals surface area (Å²) in [6, 6.07) is 6.56. The van der Waals surface area contributed by atoms with Gasteiger partial charge in [0, 0.05) is 6.20 Å². The topological polar surface area (TPSA) is 131 Å². The fraction of sp³-hybridized carbons (Fsp3) is 0.125. The number of benzene rings is 1. The lowest BCUT2D eigenvalue weighted by Gasteiger charge is -2.13. The average Bonchev–Trinajstić information content (AvgIpc) is 3.05. The molecule has 0 saturated carbocycles. The Bertz CT molecular complexity index is 982. The Morgan fingerprint density at radius 3 is 2.44 bits per heavy atom. The number of rotatable bonds is 4. The van der Waals surface area contributed by atoms with Crippen LogP contribution in [0.25, 0.3) is 17.2 Å². The highest BCUT2D eigenvalue weighted by atomic mass is 16.4. The predicted molar refractivity (Wildman–Crippen MR) is 85.8 cm³/mol. The number of nitrogens with zero attached hydrogens (tertiary/aromatic N) is 5. The molecule has 0 saturated heterocycles. The number of tetrazole rings is 1. The van der Waals surface area contributed by atoms with E-state index in [0.29, 0.717) is 11.3 Å². The van der Waals surface area contributed by atoms with E-state index in [1.807, 2.05) is 0 Å². The third kappa shape index (κ3) is 2.82. The molecular weight excluding hydrogens is 326 g/mol. The lowest BCUT2D eigenvalue weighted by atomic mass is 9.96. The van der Waals surface area contributed by atoms with Gasteiger partial charge in [0.05, 0.1) is 16.8 Å². The summed E-state index contributed by atoms with van der Waals surface area (Å²) in [5, 5.41) is 30.8. The molecule has 25 heavy (non-hydrogen) atoms. The van der Waals surface area contributed by atoms with Crippen LogP contribution in [0.3, 0.4) is 0 Å². The van der Waals surface area contributed by atoms with Gasteiger partial charge in [0.15, 0.2) is 0 Å². The van der Waals surface area contributed by atoms with Gasteiger partial charge >= 0.3 is 11.9 Å². The van der Waals surface area contributed by atoms with Gasteiger partial charge < -0.3 is 10.2 Å². The zero-order valence-corrected chi connectivity index (χ0v) is 13.3. The normalized spacial score (nSPS) is 10.6. The Hall–Kier alpha value is -3.62. The fourth-order valence-corrected chi connectivity index (χ4v) is 2.56. The molecule has 0 atom stereocenters. The van der Waals surface area contributed by atoms with Crippen molar-refractivity contribution in [2.75, 3.05) is 0 Å². The molecule has 0 spiro atoms. The highest BCUT2D eigenvalue weighted by Crippen LogP contribution is 2.25. The number of hydrogen-bond acceptors (Lipinski definition) is 6. The van der Waals surface area contributed by atoms with Gasteiger partial charge in [-0.2, -0.15) is 0 Å². The van der Waals surface area contributed by atoms with Crippen LogP contribution in [0.15, 0.2) is 30.5 Å². The second kappa shape index (κ2) is 6.11. The minimum atomic E-state index is -1.23. The van der Waals surface area contributed by atoms with Crippen molar-refractivity contribution in [3.8, 4) is 17.2 Å². The number of aromatic nitrogens is 5. The Balaban J connectivity index is 2.19. The highest BCUT2D eigenvalue weighted by Gasteiger charge is 2.23.